The second kappa shape index (κ2) is 13.0. The molecule has 262 valence electrons. The molecule has 0 N–H and O–H groups in total. The molecule has 0 bridgehead atoms. The number of benzene rings is 7. The number of pyridine rings is 1. The van der Waals surface area contributed by atoms with Crippen LogP contribution in [0.15, 0.2) is 194 Å². The minimum Gasteiger partial charge on any atom is -0.293 e. The Hall–Kier alpha value is -7.70. The Labute approximate surface area is 322 Å². The summed E-state index contributed by atoms with van der Waals surface area (Å²) in [5, 5.41) is 4.50. The molecule has 11 rings (SSSR count). The minimum atomic E-state index is 0.541. The fraction of sp³-hybridized carbons (Fsp3) is 0. The molecule has 0 amide bonds. The van der Waals surface area contributed by atoms with Crippen LogP contribution in [-0.2, 0) is 0 Å². The number of para-hydroxylation sites is 4. The topological polar surface area (TPSA) is 61.4 Å². The summed E-state index contributed by atoms with van der Waals surface area (Å²) in [6, 6.07) is 65.3. The highest BCUT2D eigenvalue weighted by atomic mass is 15.2. The molecule has 6 heteroatoms. The first-order chi connectivity index (χ1) is 27.8. The maximum Gasteiger partial charge on any atom is 0.238 e. The third kappa shape index (κ3) is 5.04. The number of hydrogen-bond acceptors (Lipinski definition) is 4. The second-order valence-electron chi connectivity index (χ2n) is 13.9. The van der Waals surface area contributed by atoms with Crippen molar-refractivity contribution in [2.75, 3.05) is 0 Å². The molecule has 4 heterocycles. The lowest BCUT2D eigenvalue weighted by atomic mass is 9.91. The number of rotatable bonds is 6. The van der Waals surface area contributed by atoms with Crippen molar-refractivity contribution in [3.05, 3.63) is 194 Å². The van der Waals surface area contributed by atoms with E-state index in [1.165, 1.54) is 0 Å². The van der Waals surface area contributed by atoms with Crippen LogP contribution in [-0.4, -0.2) is 29.1 Å². The molecule has 4 aromatic heterocycles. The van der Waals surface area contributed by atoms with Gasteiger partial charge in [-0.05, 0) is 64.7 Å². The maximum atomic E-state index is 5.48. The Morgan fingerprint density at radius 1 is 0.339 bits per heavy atom. The molecule has 0 unspecified atom stereocenters. The molecule has 0 aliphatic rings. The third-order valence-corrected chi connectivity index (χ3v) is 10.7. The summed E-state index contributed by atoms with van der Waals surface area (Å²) in [6.07, 6.45) is 1.85. The van der Waals surface area contributed by atoms with E-state index in [2.05, 4.69) is 179 Å². The first-order valence-corrected chi connectivity index (χ1v) is 18.7. The molecular weight excluding hydrogens is 685 g/mol. The Morgan fingerprint density at radius 3 is 1.46 bits per heavy atom. The Balaban J connectivity index is 1.26. The summed E-state index contributed by atoms with van der Waals surface area (Å²) in [7, 11) is 0. The summed E-state index contributed by atoms with van der Waals surface area (Å²) in [5.41, 5.74) is 11.0. The maximum absolute atomic E-state index is 5.48. The van der Waals surface area contributed by atoms with Crippen molar-refractivity contribution in [2.24, 2.45) is 0 Å². The highest BCUT2D eigenvalue weighted by Gasteiger charge is 2.24. The molecule has 0 radical (unpaired) electrons. The first kappa shape index (κ1) is 31.8. The lowest BCUT2D eigenvalue weighted by Crippen LogP contribution is -2.08. The average molecular weight is 717 g/mol. The lowest BCUT2D eigenvalue weighted by Gasteiger charge is -2.18. The van der Waals surface area contributed by atoms with Gasteiger partial charge in [0.2, 0.25) is 5.95 Å². The first-order valence-electron chi connectivity index (χ1n) is 18.7. The highest BCUT2D eigenvalue weighted by molar-refractivity contribution is 6.10. The van der Waals surface area contributed by atoms with Crippen molar-refractivity contribution in [3.63, 3.8) is 0 Å². The molecule has 0 atom stereocenters. The normalized spacial score (nSPS) is 11.6. The van der Waals surface area contributed by atoms with Crippen LogP contribution in [0.3, 0.4) is 0 Å². The van der Waals surface area contributed by atoms with Gasteiger partial charge in [-0.3, -0.25) is 9.13 Å². The van der Waals surface area contributed by atoms with Gasteiger partial charge in [0.1, 0.15) is 5.65 Å². The molecular formula is C50H32N6. The second-order valence-corrected chi connectivity index (χ2v) is 13.9. The molecule has 56 heavy (non-hydrogen) atoms. The van der Waals surface area contributed by atoms with E-state index in [1.807, 2.05) is 24.4 Å². The summed E-state index contributed by atoms with van der Waals surface area (Å²) in [4.78, 5) is 21.3. The average Bonchev–Trinajstić information content (AvgIpc) is 3.80. The molecule has 7 aromatic carbocycles. The van der Waals surface area contributed by atoms with Crippen molar-refractivity contribution in [1.82, 2.24) is 29.1 Å². The monoisotopic (exact) mass is 716 g/mol. The van der Waals surface area contributed by atoms with Crippen LogP contribution in [0.5, 0.6) is 0 Å². The van der Waals surface area contributed by atoms with Crippen LogP contribution >= 0.6 is 0 Å². The highest BCUT2D eigenvalue weighted by Crippen LogP contribution is 2.41. The van der Waals surface area contributed by atoms with Gasteiger partial charge in [-0.15, -0.1) is 0 Å². The Bertz CT molecular complexity index is 3090. The van der Waals surface area contributed by atoms with Gasteiger partial charge in [0.05, 0.1) is 22.2 Å². The molecule has 0 fully saturated rings. The van der Waals surface area contributed by atoms with Crippen LogP contribution in [0.25, 0.3) is 100 Å². The zero-order valence-corrected chi connectivity index (χ0v) is 30.2. The van der Waals surface area contributed by atoms with Gasteiger partial charge < -0.3 is 0 Å². The van der Waals surface area contributed by atoms with Crippen molar-refractivity contribution >= 4 is 43.7 Å². The fourth-order valence-electron chi connectivity index (χ4n) is 8.24. The van der Waals surface area contributed by atoms with Crippen LogP contribution < -0.4 is 0 Å². The zero-order valence-electron chi connectivity index (χ0n) is 30.2. The van der Waals surface area contributed by atoms with Crippen molar-refractivity contribution in [3.8, 4) is 56.7 Å². The van der Waals surface area contributed by atoms with E-state index in [0.717, 1.165) is 82.8 Å². The van der Waals surface area contributed by atoms with E-state index < -0.39 is 0 Å². The minimum absolute atomic E-state index is 0.541. The standard InChI is InChI=1S/C50H32N6/c1-3-17-33(18-4-1)35-25-15-26-36(34-19-5-2-6-20-34)46(35)48-52-47(53-50(54-48)56-43-29-12-7-21-37(43)38-22-8-13-30-44(38)56)41-24-10-14-31-45(41)55-42-28-11-9-23-39(42)40-27-16-32-51-49(40)55/h1-32H. The van der Waals surface area contributed by atoms with Gasteiger partial charge in [0.15, 0.2) is 11.6 Å². The molecule has 0 aliphatic carbocycles. The van der Waals surface area contributed by atoms with E-state index >= 15 is 0 Å². The molecule has 0 aliphatic heterocycles. The lowest BCUT2D eigenvalue weighted by molar-refractivity contribution is 0.952. The number of aromatic nitrogens is 6. The van der Waals surface area contributed by atoms with Crippen LogP contribution in [0.4, 0.5) is 0 Å². The molecule has 0 saturated carbocycles. The third-order valence-electron chi connectivity index (χ3n) is 10.7. The Kier molecular flexibility index (Phi) is 7.38. The van der Waals surface area contributed by atoms with E-state index in [4.69, 9.17) is 19.9 Å². The van der Waals surface area contributed by atoms with Crippen molar-refractivity contribution in [1.29, 1.82) is 0 Å². The molecule has 6 nitrogen and oxygen atoms in total. The van der Waals surface area contributed by atoms with Crippen LogP contribution in [0.2, 0.25) is 0 Å². The van der Waals surface area contributed by atoms with Gasteiger partial charge in [-0.25, -0.2) is 9.97 Å². The van der Waals surface area contributed by atoms with Gasteiger partial charge >= 0.3 is 0 Å². The number of hydrogen-bond donors (Lipinski definition) is 0. The summed E-state index contributed by atoms with van der Waals surface area (Å²) < 4.78 is 4.41. The van der Waals surface area contributed by atoms with Crippen LogP contribution in [0, 0.1) is 0 Å². The predicted molar refractivity (Wildman–Crippen MR) is 228 cm³/mol. The molecule has 11 aromatic rings. The van der Waals surface area contributed by atoms with Crippen LogP contribution in [0.1, 0.15) is 0 Å². The predicted octanol–water partition coefficient (Wildman–Crippen LogP) is 12.1. The van der Waals surface area contributed by atoms with Gasteiger partial charge in [0.25, 0.3) is 0 Å². The van der Waals surface area contributed by atoms with E-state index in [0.29, 0.717) is 17.6 Å². The number of fused-ring (bicyclic) bond motifs is 6. The zero-order chi connectivity index (χ0) is 37.0. The fourth-order valence-corrected chi connectivity index (χ4v) is 8.24. The summed E-state index contributed by atoms with van der Waals surface area (Å²) >= 11 is 0. The SMILES string of the molecule is c1ccc(-c2cccc(-c3ccccc3)c2-c2nc(-c3ccccc3-n3c4ccccc4c4cccnc43)nc(-n3c4ccccc4c4ccccc43)n2)cc1. The quantitative estimate of drug-likeness (QED) is 0.172. The molecule has 0 spiro atoms. The van der Waals surface area contributed by atoms with Gasteiger partial charge in [-0.1, -0.05) is 146 Å². The van der Waals surface area contributed by atoms with E-state index in [9.17, 15) is 0 Å². The smallest absolute Gasteiger partial charge is 0.238 e. The Morgan fingerprint density at radius 2 is 0.821 bits per heavy atom. The summed E-state index contributed by atoms with van der Waals surface area (Å²) in [5.74, 6) is 1.69. The van der Waals surface area contributed by atoms with E-state index in [1.54, 1.807) is 0 Å². The van der Waals surface area contributed by atoms with Crippen molar-refractivity contribution in [2.45, 2.75) is 0 Å². The van der Waals surface area contributed by atoms with Gasteiger partial charge in [0, 0.05) is 38.9 Å². The van der Waals surface area contributed by atoms with Gasteiger partial charge in [-0.2, -0.15) is 9.97 Å². The molecule has 0 saturated heterocycles. The van der Waals surface area contributed by atoms with E-state index in [-0.39, 0.29) is 0 Å². The largest absolute Gasteiger partial charge is 0.293 e. The summed E-state index contributed by atoms with van der Waals surface area (Å²) in [6.45, 7) is 0. The number of nitrogens with zero attached hydrogens (tertiary/aromatic N) is 6. The van der Waals surface area contributed by atoms with Crippen molar-refractivity contribution < 1.29 is 0 Å².